The second-order valence-electron chi connectivity index (χ2n) is 7.62. The Balaban J connectivity index is 1.85. The molecular weight excluding hydrogens is 280 g/mol. The summed E-state index contributed by atoms with van der Waals surface area (Å²) in [5.41, 5.74) is 0.180. The summed E-state index contributed by atoms with van der Waals surface area (Å²) in [6.07, 6.45) is 5.34. The van der Waals surface area contributed by atoms with Gasteiger partial charge in [-0.05, 0) is 24.2 Å². The van der Waals surface area contributed by atoms with E-state index in [-0.39, 0.29) is 55.0 Å². The zero-order valence-electron chi connectivity index (χ0n) is 14.0. The maximum Gasteiger partial charge on any atom is 0.229 e. The number of nitrogens with one attached hydrogen (secondary N) is 1. The highest BCUT2D eigenvalue weighted by Crippen LogP contribution is 2.38. The molecule has 0 aromatic rings. The normalized spacial score (nSPS) is 26.4. The van der Waals surface area contributed by atoms with Crippen molar-refractivity contribution < 1.29 is 14.4 Å². The van der Waals surface area contributed by atoms with E-state index in [1.165, 1.54) is 11.3 Å². The van der Waals surface area contributed by atoms with Crippen LogP contribution in [0.3, 0.4) is 0 Å². The van der Waals surface area contributed by atoms with Gasteiger partial charge in [-0.15, -0.1) is 0 Å². The highest BCUT2D eigenvalue weighted by Gasteiger charge is 2.35. The first-order valence-corrected chi connectivity index (χ1v) is 8.41. The fourth-order valence-corrected chi connectivity index (χ4v) is 3.70. The lowest BCUT2D eigenvalue weighted by atomic mass is 9.69. The van der Waals surface area contributed by atoms with Crippen LogP contribution in [0.1, 0.15) is 65.7 Å². The van der Waals surface area contributed by atoms with Gasteiger partial charge in [0.25, 0.3) is 0 Å². The fourth-order valence-electron chi connectivity index (χ4n) is 3.70. The molecule has 1 aliphatic carbocycles. The Morgan fingerprint density at radius 1 is 1.14 bits per heavy atom. The third-order valence-electron chi connectivity index (χ3n) is 4.94. The van der Waals surface area contributed by atoms with Crippen LogP contribution in [-0.2, 0) is 14.4 Å². The molecule has 2 unspecified atom stereocenters. The number of carbonyl (C=O) groups is 3. The number of amides is 3. The summed E-state index contributed by atoms with van der Waals surface area (Å²) in [5.74, 6) is 0.139. The van der Waals surface area contributed by atoms with Crippen molar-refractivity contribution in [3.8, 4) is 0 Å². The first kappa shape index (κ1) is 17.0. The Hall–Kier alpha value is -1.39. The van der Waals surface area contributed by atoms with E-state index in [4.69, 9.17) is 0 Å². The lowest BCUT2D eigenvalue weighted by Crippen LogP contribution is -2.47. The van der Waals surface area contributed by atoms with Crippen molar-refractivity contribution in [1.29, 1.82) is 0 Å². The summed E-state index contributed by atoms with van der Waals surface area (Å²) < 4.78 is 0. The molecular formula is C17H28N2O3. The van der Waals surface area contributed by atoms with Gasteiger partial charge in [0.05, 0.1) is 0 Å². The molecule has 124 valence electrons. The number of nitrogens with zero attached hydrogens (tertiary/aromatic N) is 1. The smallest absolute Gasteiger partial charge is 0.229 e. The molecule has 1 saturated carbocycles. The van der Waals surface area contributed by atoms with Crippen molar-refractivity contribution in [3.05, 3.63) is 0 Å². The summed E-state index contributed by atoms with van der Waals surface area (Å²) in [5, 5.41) is 3.14. The van der Waals surface area contributed by atoms with Crippen molar-refractivity contribution in [2.24, 2.45) is 11.3 Å². The first-order valence-electron chi connectivity index (χ1n) is 8.41. The molecule has 0 bridgehead atoms. The standard InChI is InChI=1S/C17H28N2O3/c1-17(2,3)12-6-4-5-7-13(12)18-14(20)10-11-19-15(21)8-9-16(19)22/h12-13H,4-11H2,1-3H3,(H,18,20). The molecule has 0 spiro atoms. The Bertz CT molecular complexity index is 437. The van der Waals surface area contributed by atoms with Crippen LogP contribution in [-0.4, -0.2) is 35.2 Å². The molecule has 1 N–H and O–H groups in total. The highest BCUT2D eigenvalue weighted by molar-refractivity contribution is 6.02. The number of rotatable bonds is 4. The Kier molecular flexibility index (Phi) is 5.24. The molecule has 0 aromatic carbocycles. The van der Waals surface area contributed by atoms with Crippen LogP contribution in [0.2, 0.25) is 0 Å². The van der Waals surface area contributed by atoms with Crippen LogP contribution < -0.4 is 5.32 Å². The zero-order valence-corrected chi connectivity index (χ0v) is 14.0. The lowest BCUT2D eigenvalue weighted by Gasteiger charge is -2.40. The molecule has 2 atom stereocenters. The van der Waals surface area contributed by atoms with E-state index in [0.29, 0.717) is 5.92 Å². The fraction of sp³-hybridized carbons (Fsp3) is 0.824. The van der Waals surface area contributed by atoms with Crippen LogP contribution in [0.5, 0.6) is 0 Å². The van der Waals surface area contributed by atoms with E-state index >= 15 is 0 Å². The summed E-state index contributed by atoms with van der Waals surface area (Å²) in [4.78, 5) is 36.5. The molecule has 5 heteroatoms. The van der Waals surface area contributed by atoms with Crippen molar-refractivity contribution in [1.82, 2.24) is 10.2 Å². The summed E-state index contributed by atoms with van der Waals surface area (Å²) >= 11 is 0. The van der Waals surface area contributed by atoms with Gasteiger partial charge in [0.1, 0.15) is 0 Å². The SMILES string of the molecule is CC(C)(C)C1CCCCC1NC(=O)CCN1C(=O)CCC1=O. The number of carbonyl (C=O) groups excluding carboxylic acids is 3. The molecule has 0 radical (unpaired) electrons. The average Bonchev–Trinajstić information content (AvgIpc) is 2.75. The van der Waals surface area contributed by atoms with Crippen molar-refractivity contribution in [3.63, 3.8) is 0 Å². The van der Waals surface area contributed by atoms with Crippen LogP contribution in [0.4, 0.5) is 0 Å². The number of likely N-dealkylation sites (tertiary alicyclic amines) is 1. The van der Waals surface area contributed by atoms with E-state index < -0.39 is 0 Å². The third kappa shape index (κ3) is 4.08. The van der Waals surface area contributed by atoms with Gasteiger partial charge in [-0.3, -0.25) is 19.3 Å². The predicted octanol–water partition coefficient (Wildman–Crippen LogP) is 2.25. The second kappa shape index (κ2) is 6.80. The molecule has 2 aliphatic rings. The molecule has 1 aliphatic heterocycles. The topological polar surface area (TPSA) is 66.5 Å². The highest BCUT2D eigenvalue weighted by atomic mass is 16.2. The van der Waals surface area contributed by atoms with Gasteiger partial charge < -0.3 is 5.32 Å². The molecule has 2 rings (SSSR count). The molecule has 3 amide bonds. The zero-order chi connectivity index (χ0) is 16.3. The van der Waals surface area contributed by atoms with Crippen molar-refractivity contribution >= 4 is 17.7 Å². The van der Waals surface area contributed by atoms with Crippen molar-refractivity contribution in [2.45, 2.75) is 71.8 Å². The van der Waals surface area contributed by atoms with Gasteiger partial charge >= 0.3 is 0 Å². The van der Waals surface area contributed by atoms with Crippen LogP contribution in [0.25, 0.3) is 0 Å². The largest absolute Gasteiger partial charge is 0.353 e. The average molecular weight is 308 g/mol. The third-order valence-corrected chi connectivity index (χ3v) is 4.94. The van der Waals surface area contributed by atoms with Crippen molar-refractivity contribution in [2.75, 3.05) is 6.54 Å². The maximum atomic E-state index is 12.2. The lowest BCUT2D eigenvalue weighted by molar-refractivity contribution is -0.138. The molecule has 0 aromatic heterocycles. The second-order valence-corrected chi connectivity index (χ2v) is 7.62. The Labute approximate surface area is 132 Å². The molecule has 1 saturated heterocycles. The Morgan fingerprint density at radius 2 is 1.73 bits per heavy atom. The van der Waals surface area contributed by atoms with Gasteiger partial charge in [-0.1, -0.05) is 33.6 Å². The molecule has 1 heterocycles. The van der Waals surface area contributed by atoms with E-state index in [2.05, 4.69) is 26.1 Å². The van der Waals surface area contributed by atoms with E-state index in [1.807, 2.05) is 0 Å². The van der Waals surface area contributed by atoms with E-state index in [1.54, 1.807) is 0 Å². The Morgan fingerprint density at radius 3 is 2.32 bits per heavy atom. The summed E-state index contributed by atoms with van der Waals surface area (Å²) in [6.45, 7) is 6.90. The minimum Gasteiger partial charge on any atom is -0.353 e. The van der Waals surface area contributed by atoms with Crippen LogP contribution in [0.15, 0.2) is 0 Å². The molecule has 5 nitrogen and oxygen atoms in total. The number of hydrogen-bond acceptors (Lipinski definition) is 3. The quantitative estimate of drug-likeness (QED) is 0.810. The van der Waals surface area contributed by atoms with Gasteiger partial charge in [-0.2, -0.15) is 0 Å². The van der Waals surface area contributed by atoms with Crippen LogP contribution in [0, 0.1) is 11.3 Å². The molecule has 2 fully saturated rings. The number of imide groups is 1. The van der Waals surface area contributed by atoms with Gasteiger partial charge in [0.15, 0.2) is 0 Å². The van der Waals surface area contributed by atoms with Gasteiger partial charge in [-0.25, -0.2) is 0 Å². The van der Waals surface area contributed by atoms with Gasteiger partial charge in [0, 0.05) is 31.8 Å². The summed E-state index contributed by atoms with van der Waals surface area (Å²) in [7, 11) is 0. The van der Waals surface area contributed by atoms with E-state index in [0.717, 1.165) is 19.3 Å². The monoisotopic (exact) mass is 308 g/mol. The first-order chi connectivity index (χ1) is 10.3. The minimum atomic E-state index is -0.150. The molecule has 22 heavy (non-hydrogen) atoms. The summed E-state index contributed by atoms with van der Waals surface area (Å²) in [6, 6.07) is 0.214. The van der Waals surface area contributed by atoms with Gasteiger partial charge in [0.2, 0.25) is 17.7 Å². The van der Waals surface area contributed by atoms with E-state index in [9.17, 15) is 14.4 Å². The maximum absolute atomic E-state index is 12.2. The predicted molar refractivity (Wildman–Crippen MR) is 83.9 cm³/mol. The minimum absolute atomic E-state index is 0.0475. The number of hydrogen-bond donors (Lipinski definition) is 1. The van der Waals surface area contributed by atoms with Crippen LogP contribution >= 0.6 is 0 Å².